The van der Waals surface area contributed by atoms with Gasteiger partial charge in [-0.2, -0.15) is 5.01 Å². The fraction of sp³-hybridized carbons (Fsp3) is 0.524. The summed E-state index contributed by atoms with van der Waals surface area (Å²) in [6.45, 7) is 5.66. The molecule has 2 saturated heterocycles. The van der Waals surface area contributed by atoms with Gasteiger partial charge in [0.15, 0.2) is 0 Å². The molecule has 31 heavy (non-hydrogen) atoms. The molecular formula is C21H29N5O5. The molecule has 0 radical (unpaired) electrons. The van der Waals surface area contributed by atoms with Gasteiger partial charge in [0, 0.05) is 26.2 Å². The van der Waals surface area contributed by atoms with E-state index in [0.717, 1.165) is 10.6 Å². The molecule has 2 fully saturated rings. The molecule has 5 amide bonds. The Morgan fingerprint density at radius 3 is 2.45 bits per heavy atom. The van der Waals surface area contributed by atoms with Crippen molar-refractivity contribution in [2.24, 2.45) is 0 Å². The SMILES string of the molecule is CCOC(=O)N1CCN(CC(=O)NN2C(=O)NC(C)(CCc3ccccc3)C2=O)CC1. The van der Waals surface area contributed by atoms with Gasteiger partial charge < -0.3 is 15.0 Å². The summed E-state index contributed by atoms with van der Waals surface area (Å²) < 4.78 is 4.98. The van der Waals surface area contributed by atoms with E-state index in [1.807, 2.05) is 35.2 Å². The summed E-state index contributed by atoms with van der Waals surface area (Å²) in [5.74, 6) is -0.936. The number of hydrogen-bond donors (Lipinski definition) is 2. The lowest BCUT2D eigenvalue weighted by Crippen LogP contribution is -2.54. The highest BCUT2D eigenvalue weighted by Gasteiger charge is 2.48. The molecule has 1 aromatic rings. The number of nitrogens with zero attached hydrogens (tertiary/aromatic N) is 3. The molecule has 2 N–H and O–H groups in total. The van der Waals surface area contributed by atoms with Gasteiger partial charge >= 0.3 is 12.1 Å². The van der Waals surface area contributed by atoms with Crippen molar-refractivity contribution in [2.75, 3.05) is 39.3 Å². The van der Waals surface area contributed by atoms with Crippen LogP contribution in [0, 0.1) is 0 Å². The molecule has 1 aromatic carbocycles. The highest BCUT2D eigenvalue weighted by molar-refractivity contribution is 6.07. The van der Waals surface area contributed by atoms with Crippen LogP contribution < -0.4 is 10.7 Å². The van der Waals surface area contributed by atoms with Crippen LogP contribution in [0.25, 0.3) is 0 Å². The maximum absolute atomic E-state index is 12.8. The minimum absolute atomic E-state index is 0.0223. The molecule has 3 rings (SSSR count). The number of carbonyl (C=O) groups excluding carboxylic acids is 4. The van der Waals surface area contributed by atoms with Crippen molar-refractivity contribution in [3.8, 4) is 0 Å². The molecule has 0 aliphatic carbocycles. The first-order chi connectivity index (χ1) is 14.8. The Kier molecular flexibility index (Phi) is 7.11. The van der Waals surface area contributed by atoms with Crippen molar-refractivity contribution in [1.82, 2.24) is 25.6 Å². The first kappa shape index (κ1) is 22.5. The first-order valence-electron chi connectivity index (χ1n) is 10.5. The third kappa shape index (κ3) is 5.52. The summed E-state index contributed by atoms with van der Waals surface area (Å²) in [5, 5.41) is 3.46. The van der Waals surface area contributed by atoms with Gasteiger partial charge in [0.05, 0.1) is 13.2 Å². The van der Waals surface area contributed by atoms with Crippen LogP contribution in [0.5, 0.6) is 0 Å². The average Bonchev–Trinajstić information content (AvgIpc) is 2.97. The molecule has 10 nitrogen and oxygen atoms in total. The van der Waals surface area contributed by atoms with Crippen molar-refractivity contribution < 1.29 is 23.9 Å². The zero-order chi connectivity index (χ0) is 22.4. The number of nitrogens with one attached hydrogen (secondary N) is 2. The molecule has 0 aromatic heterocycles. The van der Waals surface area contributed by atoms with Gasteiger partial charge in [0.1, 0.15) is 5.54 Å². The van der Waals surface area contributed by atoms with E-state index < -0.39 is 23.4 Å². The fourth-order valence-electron chi connectivity index (χ4n) is 3.66. The van der Waals surface area contributed by atoms with E-state index in [9.17, 15) is 19.2 Å². The van der Waals surface area contributed by atoms with Gasteiger partial charge in [-0.3, -0.25) is 19.9 Å². The molecule has 0 spiro atoms. The highest BCUT2D eigenvalue weighted by atomic mass is 16.6. The minimum Gasteiger partial charge on any atom is -0.450 e. The lowest BCUT2D eigenvalue weighted by atomic mass is 9.93. The number of imide groups is 1. The standard InChI is InChI=1S/C21H29N5O5/c1-3-31-20(30)25-13-11-24(12-14-25)15-17(27)23-26-18(28)21(2,22-19(26)29)10-9-16-7-5-4-6-8-16/h4-8H,3,9-15H2,1-2H3,(H,22,29)(H,23,27). The number of amides is 5. The molecule has 2 aliphatic rings. The number of hydrogen-bond acceptors (Lipinski definition) is 6. The van der Waals surface area contributed by atoms with Crippen molar-refractivity contribution in [3.63, 3.8) is 0 Å². The number of hydrazine groups is 1. The number of benzene rings is 1. The smallest absolute Gasteiger partial charge is 0.409 e. The molecule has 0 saturated carbocycles. The number of carbonyl (C=O) groups is 4. The van der Waals surface area contributed by atoms with E-state index in [1.165, 1.54) is 0 Å². The Morgan fingerprint density at radius 2 is 1.81 bits per heavy atom. The molecule has 10 heteroatoms. The largest absolute Gasteiger partial charge is 0.450 e. The van der Waals surface area contributed by atoms with Crippen LogP contribution in [0.15, 0.2) is 30.3 Å². The minimum atomic E-state index is -1.08. The maximum Gasteiger partial charge on any atom is 0.409 e. The van der Waals surface area contributed by atoms with Crippen LogP contribution >= 0.6 is 0 Å². The number of aryl methyl sites for hydroxylation is 1. The number of ether oxygens (including phenoxy) is 1. The van der Waals surface area contributed by atoms with Crippen LogP contribution in [0.4, 0.5) is 9.59 Å². The lowest BCUT2D eigenvalue weighted by Gasteiger charge is -2.33. The maximum atomic E-state index is 12.8. The van der Waals surface area contributed by atoms with Crippen LogP contribution in [0.1, 0.15) is 25.8 Å². The van der Waals surface area contributed by atoms with E-state index in [1.54, 1.807) is 18.7 Å². The Balaban J connectivity index is 1.48. The van der Waals surface area contributed by atoms with Gasteiger partial charge in [-0.1, -0.05) is 30.3 Å². The van der Waals surface area contributed by atoms with E-state index in [0.29, 0.717) is 45.6 Å². The quantitative estimate of drug-likeness (QED) is 0.616. The Hall–Kier alpha value is -3.14. The zero-order valence-electron chi connectivity index (χ0n) is 17.9. The van der Waals surface area contributed by atoms with E-state index >= 15 is 0 Å². The third-order valence-corrected chi connectivity index (χ3v) is 5.52. The Morgan fingerprint density at radius 1 is 1.13 bits per heavy atom. The summed E-state index contributed by atoms with van der Waals surface area (Å²) in [6.07, 6.45) is 0.681. The molecule has 2 aliphatic heterocycles. The third-order valence-electron chi connectivity index (χ3n) is 5.52. The van der Waals surface area contributed by atoms with Crippen molar-refractivity contribution in [1.29, 1.82) is 0 Å². The predicted octanol–water partition coefficient (Wildman–Crippen LogP) is 0.735. The van der Waals surface area contributed by atoms with Crippen LogP contribution in [0.3, 0.4) is 0 Å². The number of urea groups is 1. The van der Waals surface area contributed by atoms with E-state index in [2.05, 4.69) is 10.7 Å². The summed E-state index contributed by atoms with van der Waals surface area (Å²) in [4.78, 5) is 52.8. The van der Waals surface area contributed by atoms with E-state index in [-0.39, 0.29) is 12.6 Å². The monoisotopic (exact) mass is 431 g/mol. The Bertz CT molecular complexity index is 825. The van der Waals surface area contributed by atoms with Gasteiger partial charge in [0.25, 0.3) is 11.8 Å². The summed E-state index contributed by atoms with van der Waals surface area (Å²) in [5.41, 5.74) is 2.41. The summed E-state index contributed by atoms with van der Waals surface area (Å²) >= 11 is 0. The summed E-state index contributed by atoms with van der Waals surface area (Å²) in [6, 6.07) is 9.05. The number of piperazine rings is 1. The average molecular weight is 431 g/mol. The van der Waals surface area contributed by atoms with Gasteiger partial charge in [-0.05, 0) is 32.3 Å². The van der Waals surface area contributed by atoms with Crippen LogP contribution in [0.2, 0.25) is 0 Å². The highest BCUT2D eigenvalue weighted by Crippen LogP contribution is 2.22. The summed E-state index contributed by atoms with van der Waals surface area (Å²) in [7, 11) is 0. The molecule has 168 valence electrons. The molecular weight excluding hydrogens is 402 g/mol. The van der Waals surface area contributed by atoms with Crippen LogP contribution in [-0.2, 0) is 20.7 Å². The van der Waals surface area contributed by atoms with Crippen molar-refractivity contribution >= 4 is 23.9 Å². The second-order valence-corrected chi connectivity index (χ2v) is 7.89. The lowest BCUT2D eigenvalue weighted by molar-refractivity contribution is -0.139. The molecule has 1 atom stereocenters. The van der Waals surface area contributed by atoms with Gasteiger partial charge in [-0.25, -0.2) is 9.59 Å². The predicted molar refractivity (Wildman–Crippen MR) is 112 cm³/mol. The van der Waals surface area contributed by atoms with Crippen molar-refractivity contribution in [3.05, 3.63) is 35.9 Å². The van der Waals surface area contributed by atoms with E-state index in [4.69, 9.17) is 4.74 Å². The molecule has 2 heterocycles. The molecule has 0 bridgehead atoms. The fourth-order valence-corrected chi connectivity index (χ4v) is 3.66. The Labute approximate surface area is 181 Å². The second kappa shape index (κ2) is 9.78. The zero-order valence-corrected chi connectivity index (χ0v) is 17.9. The van der Waals surface area contributed by atoms with Crippen LogP contribution in [-0.4, -0.2) is 83.6 Å². The van der Waals surface area contributed by atoms with Gasteiger partial charge in [0.2, 0.25) is 0 Å². The molecule has 1 unspecified atom stereocenters. The van der Waals surface area contributed by atoms with Crippen molar-refractivity contribution in [2.45, 2.75) is 32.2 Å². The normalized spacial score (nSPS) is 21.7. The topological polar surface area (TPSA) is 111 Å². The second-order valence-electron chi connectivity index (χ2n) is 7.89. The number of rotatable bonds is 7. The van der Waals surface area contributed by atoms with Gasteiger partial charge in [-0.15, -0.1) is 0 Å². The first-order valence-corrected chi connectivity index (χ1v) is 10.5.